The van der Waals surface area contributed by atoms with Crippen molar-refractivity contribution in [3.05, 3.63) is 35.6 Å². The second-order valence-electron chi connectivity index (χ2n) is 8.97. The first-order chi connectivity index (χ1) is 14.1. The van der Waals surface area contributed by atoms with E-state index in [1.165, 1.54) is 25.3 Å². The number of likely N-dealkylation sites (tertiary alicyclic amines) is 1. The highest BCUT2D eigenvalue weighted by atomic mass is 127. The zero-order chi connectivity index (χ0) is 20.3. The number of carbonyl (C=O) groups excluding carboxylic acids is 1. The predicted molar refractivity (Wildman–Crippen MR) is 129 cm³/mol. The van der Waals surface area contributed by atoms with Crippen LogP contribution in [0.3, 0.4) is 0 Å². The van der Waals surface area contributed by atoms with Crippen molar-refractivity contribution in [3.8, 4) is 0 Å². The van der Waals surface area contributed by atoms with Crippen molar-refractivity contribution in [2.45, 2.75) is 62.8 Å². The van der Waals surface area contributed by atoms with Crippen LogP contribution < -0.4 is 10.6 Å². The van der Waals surface area contributed by atoms with E-state index in [0.717, 1.165) is 63.3 Å². The predicted octanol–water partition coefficient (Wildman–Crippen LogP) is 3.82. The normalized spacial score (nSPS) is 23.6. The highest BCUT2D eigenvalue weighted by molar-refractivity contribution is 14.0. The smallest absolute Gasteiger partial charge is 0.225 e. The van der Waals surface area contributed by atoms with Gasteiger partial charge in [0, 0.05) is 44.1 Å². The minimum Gasteiger partial charge on any atom is -0.356 e. The van der Waals surface area contributed by atoms with Crippen LogP contribution in [0.2, 0.25) is 0 Å². The lowest BCUT2D eigenvalue weighted by Gasteiger charge is -2.26. The molecule has 1 saturated heterocycles. The van der Waals surface area contributed by atoms with Gasteiger partial charge in [0.1, 0.15) is 5.82 Å². The third-order valence-corrected chi connectivity index (χ3v) is 6.90. The fraction of sp³-hybridized carbons (Fsp3) is 0.652. The van der Waals surface area contributed by atoms with Gasteiger partial charge in [0.05, 0.1) is 0 Å². The third kappa shape index (κ3) is 5.45. The van der Waals surface area contributed by atoms with Gasteiger partial charge in [0.2, 0.25) is 5.91 Å². The Kier molecular flexibility index (Phi) is 7.98. The van der Waals surface area contributed by atoms with E-state index in [0.29, 0.717) is 5.91 Å². The summed E-state index contributed by atoms with van der Waals surface area (Å²) >= 11 is 0. The van der Waals surface area contributed by atoms with Crippen LogP contribution in [-0.2, 0) is 10.2 Å². The Bertz CT molecular complexity index is 761. The van der Waals surface area contributed by atoms with Gasteiger partial charge < -0.3 is 15.5 Å². The lowest BCUT2D eigenvalue weighted by atomic mass is 9.88. The summed E-state index contributed by atoms with van der Waals surface area (Å²) in [7, 11) is 1.77. The number of nitrogens with one attached hydrogen (secondary N) is 2. The van der Waals surface area contributed by atoms with Crippen molar-refractivity contribution in [1.29, 1.82) is 0 Å². The number of guanidine groups is 1. The molecule has 3 aliphatic rings. The monoisotopic (exact) mass is 528 g/mol. The lowest BCUT2D eigenvalue weighted by Crippen LogP contribution is -2.47. The Morgan fingerprint density at radius 3 is 2.67 bits per heavy atom. The molecule has 4 rings (SSSR count). The van der Waals surface area contributed by atoms with Gasteiger partial charge in [0.15, 0.2) is 5.96 Å². The van der Waals surface area contributed by atoms with E-state index in [9.17, 15) is 9.18 Å². The van der Waals surface area contributed by atoms with Gasteiger partial charge >= 0.3 is 0 Å². The summed E-state index contributed by atoms with van der Waals surface area (Å²) in [5.74, 6) is 1.18. The molecule has 166 valence electrons. The van der Waals surface area contributed by atoms with Gasteiger partial charge in [0.25, 0.3) is 0 Å². The zero-order valence-corrected chi connectivity index (χ0v) is 20.2. The fourth-order valence-corrected chi connectivity index (χ4v) is 4.86. The van der Waals surface area contributed by atoms with Gasteiger partial charge in [-0.25, -0.2) is 4.39 Å². The molecule has 1 unspecified atom stereocenters. The van der Waals surface area contributed by atoms with Gasteiger partial charge in [-0.3, -0.25) is 9.79 Å². The summed E-state index contributed by atoms with van der Waals surface area (Å²) in [6.45, 7) is 2.33. The van der Waals surface area contributed by atoms with Crippen LogP contribution >= 0.6 is 24.0 Å². The Labute approximate surface area is 196 Å². The van der Waals surface area contributed by atoms with Crippen LogP contribution in [0.25, 0.3) is 0 Å². The molecule has 1 atom stereocenters. The number of hydrogen-bond acceptors (Lipinski definition) is 2. The highest BCUT2D eigenvalue weighted by Crippen LogP contribution is 2.47. The zero-order valence-electron chi connectivity index (χ0n) is 17.8. The molecule has 2 saturated carbocycles. The highest BCUT2D eigenvalue weighted by Gasteiger charge is 2.44. The van der Waals surface area contributed by atoms with E-state index < -0.39 is 0 Å². The average Bonchev–Trinajstić information content (AvgIpc) is 3.41. The van der Waals surface area contributed by atoms with Crippen molar-refractivity contribution in [1.82, 2.24) is 15.5 Å². The molecule has 30 heavy (non-hydrogen) atoms. The molecule has 1 aromatic rings. The van der Waals surface area contributed by atoms with Gasteiger partial charge in [-0.2, -0.15) is 0 Å². The molecule has 1 amide bonds. The van der Waals surface area contributed by atoms with Crippen molar-refractivity contribution in [2.75, 3.05) is 26.7 Å². The minimum absolute atomic E-state index is 0. The largest absolute Gasteiger partial charge is 0.356 e. The second kappa shape index (κ2) is 10.3. The van der Waals surface area contributed by atoms with Gasteiger partial charge in [-0.15, -0.1) is 24.0 Å². The van der Waals surface area contributed by atoms with Crippen molar-refractivity contribution in [2.24, 2.45) is 10.9 Å². The van der Waals surface area contributed by atoms with Crippen LogP contribution in [0.15, 0.2) is 29.3 Å². The lowest BCUT2D eigenvalue weighted by molar-refractivity contribution is -0.135. The molecule has 0 spiro atoms. The molecule has 0 bridgehead atoms. The van der Waals surface area contributed by atoms with E-state index in [1.807, 2.05) is 11.0 Å². The molecule has 0 radical (unpaired) electrons. The van der Waals surface area contributed by atoms with Crippen LogP contribution in [0.1, 0.15) is 56.9 Å². The quantitative estimate of drug-likeness (QED) is 0.347. The average molecular weight is 528 g/mol. The minimum atomic E-state index is -0.176. The number of carbonyl (C=O) groups is 1. The Hall–Kier alpha value is -1.38. The van der Waals surface area contributed by atoms with Crippen LogP contribution in [-0.4, -0.2) is 49.5 Å². The summed E-state index contributed by atoms with van der Waals surface area (Å²) in [6, 6.07) is 7.18. The first-order valence-corrected chi connectivity index (χ1v) is 11.1. The first kappa shape index (κ1) is 23.3. The molecule has 5 nitrogen and oxygen atoms in total. The van der Waals surface area contributed by atoms with E-state index in [-0.39, 0.29) is 47.2 Å². The van der Waals surface area contributed by atoms with Crippen molar-refractivity contribution in [3.63, 3.8) is 0 Å². The topological polar surface area (TPSA) is 56.7 Å². The van der Waals surface area contributed by atoms with Gasteiger partial charge in [-0.05, 0) is 49.8 Å². The first-order valence-electron chi connectivity index (χ1n) is 11.1. The summed E-state index contributed by atoms with van der Waals surface area (Å²) in [4.78, 5) is 19.2. The van der Waals surface area contributed by atoms with Crippen LogP contribution in [0.4, 0.5) is 4.39 Å². The Balaban J connectivity index is 0.00000256. The van der Waals surface area contributed by atoms with E-state index in [2.05, 4.69) is 15.6 Å². The Morgan fingerprint density at radius 2 is 2.00 bits per heavy atom. The van der Waals surface area contributed by atoms with Crippen LogP contribution in [0.5, 0.6) is 0 Å². The third-order valence-electron chi connectivity index (χ3n) is 6.90. The number of hydrogen-bond donors (Lipinski definition) is 2. The SMILES string of the molecule is CN=C(NCC1(c2cccc(F)c2)CC1)NC1CCN(C(=O)C2CCCCC2)C1.I. The fourth-order valence-electron chi connectivity index (χ4n) is 4.86. The number of benzene rings is 1. The molecule has 3 fully saturated rings. The molecule has 1 aromatic carbocycles. The number of aliphatic imine (C=N–C) groups is 1. The number of halogens is 2. The standard InChI is InChI=1S/C23H33FN4O.HI/c1-25-22(26-16-23(11-12-23)18-8-5-9-19(24)14-18)27-20-10-13-28(15-20)21(29)17-6-3-2-4-7-17;/h5,8-9,14,17,20H,2-4,6-7,10-13,15-16H2,1H3,(H2,25,26,27);1H. The Morgan fingerprint density at radius 1 is 1.23 bits per heavy atom. The summed E-state index contributed by atoms with van der Waals surface area (Å²) < 4.78 is 13.6. The maximum atomic E-state index is 13.6. The molecule has 1 heterocycles. The summed E-state index contributed by atoms with van der Waals surface area (Å²) in [5.41, 5.74) is 1.07. The van der Waals surface area contributed by atoms with E-state index in [1.54, 1.807) is 19.2 Å². The maximum Gasteiger partial charge on any atom is 0.225 e. The molecule has 0 aromatic heterocycles. The molecule has 2 aliphatic carbocycles. The number of nitrogens with zero attached hydrogens (tertiary/aromatic N) is 2. The summed E-state index contributed by atoms with van der Waals surface area (Å²) in [5, 5.41) is 6.92. The summed E-state index contributed by atoms with van der Waals surface area (Å²) in [6.07, 6.45) is 8.84. The number of amides is 1. The van der Waals surface area contributed by atoms with E-state index >= 15 is 0 Å². The molecular weight excluding hydrogens is 494 g/mol. The van der Waals surface area contributed by atoms with Gasteiger partial charge in [-0.1, -0.05) is 31.4 Å². The number of rotatable bonds is 5. The molecule has 1 aliphatic heterocycles. The van der Waals surface area contributed by atoms with E-state index in [4.69, 9.17) is 0 Å². The maximum absolute atomic E-state index is 13.6. The van der Waals surface area contributed by atoms with Crippen molar-refractivity contribution < 1.29 is 9.18 Å². The molecular formula is C23H34FIN4O. The second-order valence-corrected chi connectivity index (χ2v) is 8.97. The molecule has 2 N–H and O–H groups in total. The van der Waals surface area contributed by atoms with Crippen LogP contribution in [0, 0.1) is 11.7 Å². The molecule has 7 heteroatoms. The van der Waals surface area contributed by atoms with Crippen molar-refractivity contribution >= 4 is 35.8 Å².